The molecule has 0 amide bonds. The van der Waals surface area contributed by atoms with Crippen molar-refractivity contribution in [3.05, 3.63) is 45.7 Å². The molecule has 0 N–H and O–H groups in total. The number of rotatable bonds is 8. The van der Waals surface area contributed by atoms with Gasteiger partial charge in [0.2, 0.25) is 0 Å². The van der Waals surface area contributed by atoms with Crippen molar-refractivity contribution >= 4 is 45.4 Å². The lowest BCUT2D eigenvalue weighted by molar-refractivity contribution is -0.143. The van der Waals surface area contributed by atoms with Crippen molar-refractivity contribution in [2.45, 2.75) is 98.5 Å². The predicted molar refractivity (Wildman–Crippen MR) is 166 cm³/mol. The highest BCUT2D eigenvalue weighted by atomic mass is 79.9. The van der Waals surface area contributed by atoms with Crippen LogP contribution in [-0.2, 0) is 43.0 Å². The summed E-state index contributed by atoms with van der Waals surface area (Å²) in [4.78, 5) is 16.7. The second kappa shape index (κ2) is 10.8. The molecule has 1 aromatic carbocycles. The van der Waals surface area contributed by atoms with Gasteiger partial charge < -0.3 is 23.3 Å². The fourth-order valence-electron chi connectivity index (χ4n) is 5.99. The molecule has 3 aromatic rings. The summed E-state index contributed by atoms with van der Waals surface area (Å²) in [5, 5.41) is 1.22. The molecule has 2 aromatic heterocycles. The molecule has 0 unspecified atom stereocenters. The zero-order valence-electron chi connectivity index (χ0n) is 25.8. The van der Waals surface area contributed by atoms with Crippen LogP contribution in [0.15, 0.2) is 28.9 Å². The first kappa shape index (κ1) is 30.3. The molecule has 0 saturated carbocycles. The van der Waals surface area contributed by atoms with Crippen LogP contribution >= 0.6 is 15.9 Å². The van der Waals surface area contributed by atoms with Crippen molar-refractivity contribution in [2.75, 3.05) is 13.7 Å². The molecule has 2 aliphatic heterocycles. The molecular weight excluding hydrogens is 583 g/mol. The van der Waals surface area contributed by atoms with E-state index in [2.05, 4.69) is 80.2 Å². The quantitative estimate of drug-likeness (QED) is 0.209. The van der Waals surface area contributed by atoms with E-state index in [0.717, 1.165) is 52.7 Å². The van der Waals surface area contributed by atoms with Gasteiger partial charge in [-0.1, -0.05) is 29.8 Å². The van der Waals surface area contributed by atoms with Crippen molar-refractivity contribution in [1.29, 1.82) is 0 Å². The molecule has 9 heteroatoms. The minimum absolute atomic E-state index is 0.222. The SMILES string of the molecule is CO[C@@H](C)c1ncc(B2OC(C)(C)C(C)(C)O2)cc1-c1c(CC(C)(C)COC(C)=O)c2cc(Br)cc3c2n1CCC3. The minimum atomic E-state index is -0.530. The number of hydrogen-bond acceptors (Lipinski definition) is 6. The zero-order chi connectivity index (χ0) is 29.9. The molecule has 1 saturated heterocycles. The van der Waals surface area contributed by atoms with E-state index in [9.17, 15) is 4.79 Å². The highest BCUT2D eigenvalue weighted by molar-refractivity contribution is 9.10. The Bertz CT molecular complexity index is 1480. The van der Waals surface area contributed by atoms with Crippen molar-refractivity contribution in [3.8, 4) is 11.3 Å². The Labute approximate surface area is 252 Å². The third-order valence-electron chi connectivity index (χ3n) is 8.91. The van der Waals surface area contributed by atoms with E-state index >= 15 is 0 Å². The van der Waals surface area contributed by atoms with Crippen molar-refractivity contribution < 1.29 is 23.6 Å². The molecule has 4 heterocycles. The van der Waals surface area contributed by atoms with Crippen molar-refractivity contribution in [1.82, 2.24) is 9.55 Å². The van der Waals surface area contributed by atoms with Gasteiger partial charge in [-0.2, -0.15) is 0 Å². The molecular formula is C32H42BBrN2O5. The standard InChI is InChI=1S/C32H42BBrN2O5/c1-19(38-9)27-25(14-22(17-35-27)33-40-31(5,6)32(7,8)41-33)29-26(16-30(3,4)18-39-20(2)37)24-15-23(34)13-21-11-10-12-36(29)28(21)24/h13-15,17,19H,10-12,16,18H2,1-9H3/t19-/m0/s1. The van der Waals surface area contributed by atoms with Gasteiger partial charge >= 0.3 is 13.1 Å². The molecule has 7 nitrogen and oxygen atoms in total. The second-order valence-corrected chi connectivity index (χ2v) is 14.2. The lowest BCUT2D eigenvalue weighted by atomic mass is 9.78. The summed E-state index contributed by atoms with van der Waals surface area (Å²) in [7, 11) is 1.19. The number of hydrogen-bond donors (Lipinski definition) is 0. The molecule has 0 bridgehead atoms. The van der Waals surface area contributed by atoms with Crippen LogP contribution in [0.5, 0.6) is 0 Å². The lowest BCUT2D eigenvalue weighted by Crippen LogP contribution is -2.41. The largest absolute Gasteiger partial charge is 0.496 e. The van der Waals surface area contributed by atoms with Crippen LogP contribution in [0.4, 0.5) is 0 Å². The molecule has 220 valence electrons. The van der Waals surface area contributed by atoms with Gasteiger partial charge in [0.1, 0.15) is 0 Å². The lowest BCUT2D eigenvalue weighted by Gasteiger charge is -2.32. The van der Waals surface area contributed by atoms with Crippen LogP contribution in [0.1, 0.15) is 84.7 Å². The average Bonchev–Trinajstić information content (AvgIpc) is 3.31. The van der Waals surface area contributed by atoms with Gasteiger partial charge in [0.15, 0.2) is 0 Å². The highest BCUT2D eigenvalue weighted by Gasteiger charge is 2.52. The summed E-state index contributed by atoms with van der Waals surface area (Å²) in [5.41, 5.74) is 6.53. The summed E-state index contributed by atoms with van der Waals surface area (Å²) in [6.45, 7) is 17.3. The predicted octanol–water partition coefficient (Wildman–Crippen LogP) is 6.55. The highest BCUT2D eigenvalue weighted by Crippen LogP contribution is 2.44. The van der Waals surface area contributed by atoms with Gasteiger partial charge in [0.25, 0.3) is 0 Å². The van der Waals surface area contributed by atoms with Crippen LogP contribution in [0.25, 0.3) is 22.2 Å². The maximum absolute atomic E-state index is 11.7. The van der Waals surface area contributed by atoms with E-state index in [1.807, 2.05) is 13.1 Å². The Kier molecular flexibility index (Phi) is 7.99. The van der Waals surface area contributed by atoms with E-state index in [4.69, 9.17) is 23.8 Å². The number of pyridine rings is 1. The van der Waals surface area contributed by atoms with E-state index in [1.165, 1.54) is 29.0 Å². The van der Waals surface area contributed by atoms with Crippen LogP contribution in [-0.4, -0.2) is 47.6 Å². The van der Waals surface area contributed by atoms with Gasteiger partial charge in [0, 0.05) is 53.1 Å². The van der Waals surface area contributed by atoms with E-state index in [0.29, 0.717) is 6.61 Å². The average molecular weight is 625 g/mol. The summed E-state index contributed by atoms with van der Waals surface area (Å²) in [6.07, 6.45) is 4.44. The second-order valence-electron chi connectivity index (χ2n) is 13.3. The number of ether oxygens (including phenoxy) is 2. The fourth-order valence-corrected chi connectivity index (χ4v) is 6.49. The number of carbonyl (C=O) groups is 1. The Morgan fingerprint density at radius 3 is 2.51 bits per heavy atom. The number of benzene rings is 1. The number of aryl methyl sites for hydroxylation is 2. The monoisotopic (exact) mass is 624 g/mol. The van der Waals surface area contributed by atoms with E-state index in [1.54, 1.807) is 7.11 Å². The number of aromatic nitrogens is 2. The Morgan fingerprint density at radius 1 is 1.20 bits per heavy atom. The third kappa shape index (κ3) is 5.63. The van der Waals surface area contributed by atoms with E-state index in [-0.39, 0.29) is 17.5 Å². The maximum atomic E-state index is 11.7. The normalized spacial score (nSPS) is 18.6. The van der Waals surface area contributed by atoms with Crippen LogP contribution in [0, 0.1) is 5.41 Å². The molecule has 41 heavy (non-hydrogen) atoms. The molecule has 5 rings (SSSR count). The first-order valence-corrected chi connectivity index (χ1v) is 15.3. The number of methoxy groups -OCH3 is 1. The summed E-state index contributed by atoms with van der Waals surface area (Å²) in [6, 6.07) is 6.66. The Balaban J connectivity index is 1.75. The summed E-state index contributed by atoms with van der Waals surface area (Å²) >= 11 is 3.78. The third-order valence-corrected chi connectivity index (χ3v) is 9.37. The number of esters is 1. The Morgan fingerprint density at radius 2 is 1.88 bits per heavy atom. The smallest absolute Gasteiger partial charge is 0.465 e. The first-order valence-electron chi connectivity index (χ1n) is 14.5. The summed E-state index contributed by atoms with van der Waals surface area (Å²) in [5.74, 6) is -0.265. The van der Waals surface area contributed by atoms with Crippen molar-refractivity contribution in [2.24, 2.45) is 5.41 Å². The molecule has 0 spiro atoms. The fraction of sp³-hybridized carbons (Fsp3) is 0.562. The molecule has 0 aliphatic carbocycles. The van der Waals surface area contributed by atoms with Gasteiger partial charge in [-0.05, 0) is 83.2 Å². The van der Waals surface area contributed by atoms with Gasteiger partial charge in [0.05, 0.1) is 40.8 Å². The van der Waals surface area contributed by atoms with Crippen LogP contribution in [0.2, 0.25) is 0 Å². The minimum Gasteiger partial charge on any atom is -0.465 e. The first-order chi connectivity index (χ1) is 19.1. The van der Waals surface area contributed by atoms with Crippen molar-refractivity contribution in [3.63, 3.8) is 0 Å². The maximum Gasteiger partial charge on any atom is 0.496 e. The number of carbonyl (C=O) groups excluding carboxylic acids is 1. The molecule has 1 fully saturated rings. The van der Waals surface area contributed by atoms with Crippen LogP contribution < -0.4 is 5.46 Å². The molecule has 1 atom stereocenters. The summed E-state index contributed by atoms with van der Waals surface area (Å²) < 4.78 is 27.8. The topological polar surface area (TPSA) is 71.8 Å². The zero-order valence-corrected chi connectivity index (χ0v) is 27.4. The van der Waals surface area contributed by atoms with Gasteiger partial charge in [-0.15, -0.1) is 0 Å². The van der Waals surface area contributed by atoms with Gasteiger partial charge in [-0.25, -0.2) is 0 Å². The Hall–Kier alpha value is -2.20. The van der Waals surface area contributed by atoms with E-state index < -0.39 is 18.3 Å². The number of nitrogens with zero attached hydrogens (tertiary/aromatic N) is 2. The number of halogens is 1. The van der Waals surface area contributed by atoms with Crippen LogP contribution in [0.3, 0.4) is 0 Å². The molecule has 0 radical (unpaired) electrons. The van der Waals surface area contributed by atoms with Gasteiger partial charge in [-0.3, -0.25) is 9.78 Å². The molecule has 2 aliphatic rings.